The first-order valence-corrected chi connectivity index (χ1v) is 5.93. The van der Waals surface area contributed by atoms with E-state index in [1.54, 1.807) is 0 Å². The zero-order valence-corrected chi connectivity index (χ0v) is 10.8. The number of hydrogen-bond acceptors (Lipinski definition) is 2. The minimum atomic E-state index is -4.50. The van der Waals surface area contributed by atoms with Gasteiger partial charge >= 0.3 is 6.18 Å². The van der Waals surface area contributed by atoms with E-state index in [1.807, 2.05) is 13.8 Å². The van der Waals surface area contributed by atoms with Gasteiger partial charge < -0.3 is 11.1 Å². The second-order valence-corrected chi connectivity index (χ2v) is 4.70. The Morgan fingerprint density at radius 3 is 2.42 bits per heavy atom. The van der Waals surface area contributed by atoms with Crippen molar-refractivity contribution in [3.8, 4) is 0 Å². The lowest BCUT2D eigenvalue weighted by Gasteiger charge is -2.17. The standard InChI is InChI=1S/C13H17F3N2O/c1-8(2)10(17)7-12(19)18-11-6-4-3-5-9(11)13(14,15)16/h3-6,8,10H,7,17H2,1-2H3,(H,18,19). The van der Waals surface area contributed by atoms with Gasteiger partial charge in [-0.3, -0.25) is 4.79 Å². The van der Waals surface area contributed by atoms with E-state index in [4.69, 9.17) is 5.73 Å². The van der Waals surface area contributed by atoms with E-state index in [9.17, 15) is 18.0 Å². The van der Waals surface area contributed by atoms with Crippen molar-refractivity contribution in [1.82, 2.24) is 0 Å². The number of nitrogens with one attached hydrogen (secondary N) is 1. The van der Waals surface area contributed by atoms with Gasteiger partial charge in [-0.05, 0) is 18.1 Å². The molecule has 0 fully saturated rings. The lowest BCUT2D eigenvalue weighted by atomic mass is 10.0. The van der Waals surface area contributed by atoms with Gasteiger partial charge in [0.05, 0.1) is 11.3 Å². The van der Waals surface area contributed by atoms with E-state index in [2.05, 4.69) is 5.32 Å². The van der Waals surface area contributed by atoms with Crippen LogP contribution in [0.2, 0.25) is 0 Å². The van der Waals surface area contributed by atoms with Crippen molar-refractivity contribution in [2.45, 2.75) is 32.5 Å². The number of benzene rings is 1. The summed E-state index contributed by atoms with van der Waals surface area (Å²) in [6, 6.07) is 4.49. The molecule has 3 N–H and O–H groups in total. The van der Waals surface area contributed by atoms with Gasteiger partial charge in [0.1, 0.15) is 0 Å². The minimum absolute atomic E-state index is 0.0101. The monoisotopic (exact) mass is 274 g/mol. The molecule has 0 heterocycles. The number of anilines is 1. The molecule has 1 unspecified atom stereocenters. The number of carbonyl (C=O) groups is 1. The first-order valence-electron chi connectivity index (χ1n) is 5.93. The largest absolute Gasteiger partial charge is 0.418 e. The van der Waals surface area contributed by atoms with E-state index in [0.29, 0.717) is 0 Å². The topological polar surface area (TPSA) is 55.1 Å². The second kappa shape index (κ2) is 6.06. The van der Waals surface area contributed by atoms with Crippen LogP contribution in [0.4, 0.5) is 18.9 Å². The highest BCUT2D eigenvalue weighted by molar-refractivity contribution is 5.92. The molecule has 0 bridgehead atoms. The molecule has 19 heavy (non-hydrogen) atoms. The Morgan fingerprint density at radius 2 is 1.89 bits per heavy atom. The molecule has 0 aromatic heterocycles. The number of nitrogens with two attached hydrogens (primary N) is 1. The van der Waals surface area contributed by atoms with Crippen LogP contribution < -0.4 is 11.1 Å². The summed E-state index contributed by atoms with van der Waals surface area (Å²) in [6.45, 7) is 3.70. The van der Waals surface area contributed by atoms with Crippen LogP contribution in [0.1, 0.15) is 25.8 Å². The maximum absolute atomic E-state index is 12.7. The van der Waals surface area contributed by atoms with Crippen LogP contribution in [0, 0.1) is 5.92 Å². The first kappa shape index (κ1) is 15.5. The number of alkyl halides is 3. The maximum atomic E-state index is 12.7. The molecule has 1 rings (SSSR count). The highest BCUT2D eigenvalue weighted by Gasteiger charge is 2.33. The predicted octanol–water partition coefficient (Wildman–Crippen LogP) is 3.02. The number of rotatable bonds is 4. The van der Waals surface area contributed by atoms with E-state index in [1.165, 1.54) is 18.2 Å². The summed E-state index contributed by atoms with van der Waals surface area (Å²) in [5, 5.41) is 2.26. The van der Waals surface area contributed by atoms with Gasteiger partial charge in [-0.25, -0.2) is 0 Å². The van der Waals surface area contributed by atoms with Crippen LogP contribution >= 0.6 is 0 Å². The summed E-state index contributed by atoms with van der Waals surface area (Å²) in [5.41, 5.74) is 4.61. The molecule has 106 valence electrons. The van der Waals surface area contributed by atoms with E-state index >= 15 is 0 Å². The molecule has 1 amide bonds. The van der Waals surface area contributed by atoms with Crippen LogP contribution in [0.5, 0.6) is 0 Å². The van der Waals surface area contributed by atoms with Crippen molar-refractivity contribution < 1.29 is 18.0 Å². The smallest absolute Gasteiger partial charge is 0.327 e. The Morgan fingerprint density at radius 1 is 1.32 bits per heavy atom. The Bertz CT molecular complexity index is 444. The van der Waals surface area contributed by atoms with Crippen LogP contribution in [0.15, 0.2) is 24.3 Å². The lowest BCUT2D eigenvalue weighted by Crippen LogP contribution is -2.31. The van der Waals surface area contributed by atoms with E-state index in [0.717, 1.165) is 6.07 Å². The maximum Gasteiger partial charge on any atom is 0.418 e. The number of halogens is 3. The predicted molar refractivity (Wildman–Crippen MR) is 67.5 cm³/mol. The van der Waals surface area contributed by atoms with Crippen molar-refractivity contribution in [2.24, 2.45) is 11.7 Å². The van der Waals surface area contributed by atoms with Crippen molar-refractivity contribution in [3.63, 3.8) is 0 Å². The highest BCUT2D eigenvalue weighted by Crippen LogP contribution is 2.34. The summed E-state index contributed by atoms with van der Waals surface area (Å²) in [6.07, 6.45) is -4.51. The first-order chi connectivity index (χ1) is 8.71. The second-order valence-electron chi connectivity index (χ2n) is 4.70. The Kier molecular flexibility index (Phi) is 4.94. The minimum Gasteiger partial charge on any atom is -0.327 e. The molecule has 0 aliphatic rings. The summed E-state index contributed by atoms with van der Waals surface area (Å²) < 4.78 is 38.1. The fourth-order valence-corrected chi connectivity index (χ4v) is 1.49. The Balaban J connectivity index is 2.80. The Hall–Kier alpha value is -1.56. The average molecular weight is 274 g/mol. The van der Waals surface area contributed by atoms with Gasteiger partial charge in [0.15, 0.2) is 0 Å². The van der Waals surface area contributed by atoms with Crippen molar-refractivity contribution in [3.05, 3.63) is 29.8 Å². The van der Waals surface area contributed by atoms with Crippen LogP contribution in [-0.2, 0) is 11.0 Å². The molecular formula is C13H17F3N2O. The molecule has 0 radical (unpaired) electrons. The Labute approximate surface area is 110 Å². The van der Waals surface area contributed by atoms with Crippen LogP contribution in [0.3, 0.4) is 0 Å². The van der Waals surface area contributed by atoms with Gasteiger partial charge in [-0.15, -0.1) is 0 Å². The molecule has 3 nitrogen and oxygen atoms in total. The summed E-state index contributed by atoms with van der Waals surface area (Å²) in [7, 11) is 0. The third-order valence-electron chi connectivity index (χ3n) is 2.78. The van der Waals surface area contributed by atoms with Crippen LogP contribution in [-0.4, -0.2) is 11.9 Å². The normalized spacial score (nSPS) is 13.4. The molecule has 0 aliphatic heterocycles. The van der Waals surface area contributed by atoms with Gasteiger partial charge in [0.2, 0.25) is 5.91 Å². The zero-order chi connectivity index (χ0) is 14.6. The number of amides is 1. The van der Waals surface area contributed by atoms with Gasteiger partial charge in [0, 0.05) is 12.5 Å². The molecule has 0 aliphatic carbocycles. The molecule has 0 spiro atoms. The van der Waals surface area contributed by atoms with Crippen molar-refractivity contribution in [1.29, 1.82) is 0 Å². The summed E-state index contributed by atoms with van der Waals surface area (Å²) in [5.74, 6) is -0.429. The van der Waals surface area contributed by atoms with Crippen molar-refractivity contribution in [2.75, 3.05) is 5.32 Å². The fourth-order valence-electron chi connectivity index (χ4n) is 1.49. The van der Waals surface area contributed by atoms with Crippen LogP contribution in [0.25, 0.3) is 0 Å². The quantitative estimate of drug-likeness (QED) is 0.886. The van der Waals surface area contributed by atoms with Gasteiger partial charge in [0.25, 0.3) is 0 Å². The molecule has 0 saturated carbocycles. The highest BCUT2D eigenvalue weighted by atomic mass is 19.4. The SMILES string of the molecule is CC(C)C(N)CC(=O)Nc1ccccc1C(F)(F)F. The van der Waals surface area contributed by atoms with Gasteiger partial charge in [-0.2, -0.15) is 13.2 Å². The van der Waals surface area contributed by atoms with E-state index < -0.39 is 17.6 Å². The van der Waals surface area contributed by atoms with Crippen molar-refractivity contribution >= 4 is 11.6 Å². The fraction of sp³-hybridized carbons (Fsp3) is 0.462. The van der Waals surface area contributed by atoms with E-state index in [-0.39, 0.29) is 24.1 Å². The summed E-state index contributed by atoms with van der Waals surface area (Å²) >= 11 is 0. The molecule has 1 atom stereocenters. The summed E-state index contributed by atoms with van der Waals surface area (Å²) in [4.78, 5) is 11.6. The number of carbonyl (C=O) groups excluding carboxylic acids is 1. The number of para-hydroxylation sites is 1. The molecule has 1 aromatic rings. The molecule has 0 saturated heterocycles. The average Bonchev–Trinajstić information content (AvgIpc) is 2.27. The molecule has 6 heteroatoms. The number of hydrogen-bond donors (Lipinski definition) is 2. The third-order valence-corrected chi connectivity index (χ3v) is 2.78. The molecule has 1 aromatic carbocycles. The zero-order valence-electron chi connectivity index (χ0n) is 10.8. The lowest BCUT2D eigenvalue weighted by molar-refractivity contribution is -0.137. The van der Waals surface area contributed by atoms with Gasteiger partial charge in [-0.1, -0.05) is 26.0 Å². The molecular weight excluding hydrogens is 257 g/mol. The third kappa shape index (κ3) is 4.55.